The normalized spacial score (nSPS) is 17.4. The molecule has 2 N–H and O–H groups in total. The fraction of sp³-hybridized carbons (Fsp3) is 0.421. The second-order valence-electron chi connectivity index (χ2n) is 6.24. The van der Waals surface area contributed by atoms with Crippen molar-refractivity contribution in [3.05, 3.63) is 51.6 Å². The van der Waals surface area contributed by atoms with Gasteiger partial charge in [-0.3, -0.25) is 9.69 Å². The maximum Gasteiger partial charge on any atom is 0.227 e. The molecule has 0 bridgehead atoms. The average Bonchev–Trinajstić information content (AvgIpc) is 3.12. The maximum atomic E-state index is 11.8. The highest BCUT2D eigenvalue weighted by Crippen LogP contribution is 2.39. The third-order valence-electron chi connectivity index (χ3n) is 4.71. The summed E-state index contributed by atoms with van der Waals surface area (Å²) in [4.78, 5) is 14.0. The number of aromatic hydroxyl groups is 1. The summed E-state index contributed by atoms with van der Waals surface area (Å²) >= 11 is 0. The van der Waals surface area contributed by atoms with E-state index >= 15 is 0 Å². The number of benzene rings is 1. The third kappa shape index (κ3) is 3.54. The Hall–Kier alpha value is -2.51. The van der Waals surface area contributed by atoms with Crippen LogP contribution in [0.15, 0.2) is 33.5 Å². The van der Waals surface area contributed by atoms with Gasteiger partial charge < -0.3 is 24.1 Å². The van der Waals surface area contributed by atoms with Crippen molar-refractivity contribution in [3.8, 4) is 17.2 Å². The molecule has 0 aliphatic carbocycles. The molecule has 140 valence electrons. The lowest BCUT2D eigenvalue weighted by Gasteiger charge is -2.26. The van der Waals surface area contributed by atoms with E-state index in [4.69, 9.17) is 13.9 Å². The van der Waals surface area contributed by atoms with Crippen molar-refractivity contribution < 1.29 is 24.1 Å². The summed E-state index contributed by atoms with van der Waals surface area (Å²) in [7, 11) is 3.22. The van der Waals surface area contributed by atoms with Gasteiger partial charge in [0.15, 0.2) is 5.76 Å². The quantitative estimate of drug-likeness (QED) is 0.815. The van der Waals surface area contributed by atoms with E-state index in [0.717, 1.165) is 42.5 Å². The molecule has 1 aromatic heterocycles. The first-order chi connectivity index (χ1) is 12.6. The molecule has 0 spiro atoms. The number of likely N-dealkylation sites (tertiary alicyclic amines) is 1. The van der Waals surface area contributed by atoms with Gasteiger partial charge in [0.25, 0.3) is 0 Å². The molecule has 1 atom stereocenters. The van der Waals surface area contributed by atoms with Crippen molar-refractivity contribution >= 4 is 0 Å². The van der Waals surface area contributed by atoms with Gasteiger partial charge in [0.05, 0.1) is 20.8 Å². The van der Waals surface area contributed by atoms with Crippen molar-refractivity contribution in [1.29, 1.82) is 0 Å². The van der Waals surface area contributed by atoms with Crippen LogP contribution in [0.2, 0.25) is 0 Å². The Bertz CT molecular complexity index is 831. The van der Waals surface area contributed by atoms with Crippen LogP contribution in [-0.2, 0) is 13.2 Å². The average molecular weight is 361 g/mol. The Morgan fingerprint density at radius 1 is 1.27 bits per heavy atom. The number of ether oxygens (including phenoxy) is 2. The van der Waals surface area contributed by atoms with E-state index in [9.17, 15) is 15.0 Å². The fourth-order valence-corrected chi connectivity index (χ4v) is 3.42. The number of hydrogen-bond acceptors (Lipinski definition) is 7. The number of methoxy groups -OCH3 is 2. The summed E-state index contributed by atoms with van der Waals surface area (Å²) in [5, 5.41) is 19.3. The predicted octanol–water partition coefficient (Wildman–Crippen LogP) is 2.19. The molecule has 7 heteroatoms. The SMILES string of the molecule is COc1ccc(C2CCCN2Cc2oc(CO)cc(=O)c2O)c(OC)c1. The molecule has 0 radical (unpaired) electrons. The fourth-order valence-electron chi connectivity index (χ4n) is 3.42. The van der Waals surface area contributed by atoms with Gasteiger partial charge in [-0.15, -0.1) is 0 Å². The highest BCUT2D eigenvalue weighted by atomic mass is 16.5. The molecule has 26 heavy (non-hydrogen) atoms. The van der Waals surface area contributed by atoms with Gasteiger partial charge in [-0.25, -0.2) is 0 Å². The van der Waals surface area contributed by atoms with Gasteiger partial charge in [-0.1, -0.05) is 6.07 Å². The van der Waals surface area contributed by atoms with Crippen LogP contribution in [0.5, 0.6) is 17.2 Å². The van der Waals surface area contributed by atoms with Gasteiger partial charge in [-0.05, 0) is 25.5 Å². The minimum Gasteiger partial charge on any atom is -0.502 e. The van der Waals surface area contributed by atoms with Gasteiger partial charge in [0.2, 0.25) is 11.2 Å². The van der Waals surface area contributed by atoms with E-state index in [0.29, 0.717) is 0 Å². The smallest absolute Gasteiger partial charge is 0.227 e. The molecule has 2 heterocycles. The van der Waals surface area contributed by atoms with E-state index in [1.165, 1.54) is 0 Å². The number of aliphatic hydroxyl groups is 1. The summed E-state index contributed by atoms with van der Waals surface area (Å²) in [5.41, 5.74) is 0.471. The summed E-state index contributed by atoms with van der Waals surface area (Å²) < 4.78 is 16.3. The van der Waals surface area contributed by atoms with Crippen molar-refractivity contribution in [1.82, 2.24) is 4.90 Å². The van der Waals surface area contributed by atoms with Crippen LogP contribution >= 0.6 is 0 Å². The van der Waals surface area contributed by atoms with Crippen LogP contribution in [0.3, 0.4) is 0 Å². The van der Waals surface area contributed by atoms with Crippen LogP contribution in [0.4, 0.5) is 0 Å². The predicted molar refractivity (Wildman–Crippen MR) is 94.5 cm³/mol. The Morgan fingerprint density at radius 3 is 2.77 bits per heavy atom. The molecule has 1 aliphatic heterocycles. The van der Waals surface area contributed by atoms with Crippen molar-refractivity contribution in [2.45, 2.75) is 32.0 Å². The van der Waals surface area contributed by atoms with Gasteiger partial charge >= 0.3 is 0 Å². The van der Waals surface area contributed by atoms with Crippen molar-refractivity contribution in [2.75, 3.05) is 20.8 Å². The molecule has 0 saturated carbocycles. The van der Waals surface area contributed by atoms with Gasteiger partial charge in [0.1, 0.15) is 23.9 Å². The highest BCUT2D eigenvalue weighted by molar-refractivity contribution is 5.43. The zero-order valence-corrected chi connectivity index (χ0v) is 14.9. The Balaban J connectivity index is 1.90. The molecular weight excluding hydrogens is 338 g/mol. The van der Waals surface area contributed by atoms with E-state index in [1.54, 1.807) is 14.2 Å². The number of nitrogens with zero attached hydrogens (tertiary/aromatic N) is 1. The largest absolute Gasteiger partial charge is 0.502 e. The Morgan fingerprint density at radius 2 is 2.08 bits per heavy atom. The van der Waals surface area contributed by atoms with E-state index < -0.39 is 17.8 Å². The first-order valence-corrected chi connectivity index (χ1v) is 8.49. The Kier molecular flexibility index (Phi) is 5.49. The van der Waals surface area contributed by atoms with Crippen LogP contribution in [0, 0.1) is 0 Å². The van der Waals surface area contributed by atoms with E-state index in [2.05, 4.69) is 4.90 Å². The topological polar surface area (TPSA) is 92.4 Å². The lowest BCUT2D eigenvalue weighted by atomic mass is 10.0. The maximum absolute atomic E-state index is 11.8. The lowest BCUT2D eigenvalue weighted by Crippen LogP contribution is -2.24. The molecule has 1 unspecified atom stereocenters. The Labute approximate surface area is 151 Å². The standard InChI is InChI=1S/C19H23NO6/c1-24-12-5-6-14(17(9-12)25-2)15-4-3-7-20(15)10-18-19(23)16(22)8-13(11-21)26-18/h5-6,8-9,15,21,23H,3-4,7,10-11H2,1-2H3. The molecule has 1 aliphatic rings. The number of hydrogen-bond donors (Lipinski definition) is 2. The summed E-state index contributed by atoms with van der Waals surface area (Å²) in [6.45, 7) is 0.680. The van der Waals surface area contributed by atoms with Crippen LogP contribution in [-0.4, -0.2) is 35.9 Å². The van der Waals surface area contributed by atoms with Crippen LogP contribution in [0.1, 0.15) is 36.0 Å². The molecule has 7 nitrogen and oxygen atoms in total. The molecule has 0 amide bonds. The van der Waals surface area contributed by atoms with Crippen LogP contribution < -0.4 is 14.9 Å². The first kappa shape index (κ1) is 18.3. The molecule has 1 aromatic carbocycles. The zero-order valence-electron chi connectivity index (χ0n) is 14.9. The summed E-state index contributed by atoms with van der Waals surface area (Å²) in [6.07, 6.45) is 1.90. The molecular formula is C19H23NO6. The van der Waals surface area contributed by atoms with E-state index in [1.807, 2.05) is 18.2 Å². The monoisotopic (exact) mass is 361 g/mol. The number of aliphatic hydroxyl groups excluding tert-OH is 1. The zero-order chi connectivity index (χ0) is 18.7. The minimum absolute atomic E-state index is 0.0679. The molecule has 2 aromatic rings. The second kappa shape index (κ2) is 7.80. The summed E-state index contributed by atoms with van der Waals surface area (Å²) in [5.74, 6) is 1.35. The van der Waals surface area contributed by atoms with Crippen molar-refractivity contribution in [2.24, 2.45) is 0 Å². The van der Waals surface area contributed by atoms with Crippen LogP contribution in [0.25, 0.3) is 0 Å². The highest BCUT2D eigenvalue weighted by Gasteiger charge is 2.30. The van der Waals surface area contributed by atoms with E-state index in [-0.39, 0.29) is 24.1 Å². The molecule has 1 fully saturated rings. The third-order valence-corrected chi connectivity index (χ3v) is 4.71. The molecule has 1 saturated heterocycles. The lowest BCUT2D eigenvalue weighted by molar-refractivity contribution is 0.195. The second-order valence-corrected chi connectivity index (χ2v) is 6.24. The molecule has 3 rings (SSSR count). The van der Waals surface area contributed by atoms with Crippen molar-refractivity contribution in [3.63, 3.8) is 0 Å². The number of rotatable bonds is 6. The van der Waals surface area contributed by atoms with Gasteiger partial charge in [-0.2, -0.15) is 0 Å². The first-order valence-electron chi connectivity index (χ1n) is 8.49. The summed E-state index contributed by atoms with van der Waals surface area (Å²) in [6, 6.07) is 6.88. The minimum atomic E-state index is -0.548. The van der Waals surface area contributed by atoms with Gasteiger partial charge in [0, 0.05) is 23.7 Å².